The molecule has 28 heavy (non-hydrogen) atoms. The summed E-state index contributed by atoms with van der Waals surface area (Å²) in [4.78, 5) is 14.8. The first-order chi connectivity index (χ1) is 13.7. The molecule has 5 rings (SSSR count). The van der Waals surface area contributed by atoms with E-state index in [2.05, 4.69) is 10.2 Å². The number of benzene rings is 2. The van der Waals surface area contributed by atoms with E-state index in [9.17, 15) is 9.18 Å². The fraction of sp³-hybridized carbons (Fsp3) is 0.0909. The highest BCUT2D eigenvalue weighted by molar-refractivity contribution is 6.00. The van der Waals surface area contributed by atoms with E-state index in [0.717, 1.165) is 11.1 Å². The minimum atomic E-state index is -0.461. The SMILES string of the molecule is O=C1c2[nH]nc(-c3ccccc3)c2C(c2cccc(F)c2)N1Cc1ccco1. The third-order valence-corrected chi connectivity index (χ3v) is 4.98. The summed E-state index contributed by atoms with van der Waals surface area (Å²) in [6.07, 6.45) is 1.57. The Kier molecular flexibility index (Phi) is 3.83. The number of rotatable bonds is 4. The maximum absolute atomic E-state index is 14.0. The van der Waals surface area contributed by atoms with Crippen LogP contribution >= 0.6 is 0 Å². The molecule has 1 aliphatic rings. The van der Waals surface area contributed by atoms with Crippen LogP contribution in [0.4, 0.5) is 4.39 Å². The van der Waals surface area contributed by atoms with Crippen molar-refractivity contribution >= 4 is 5.91 Å². The fourth-order valence-electron chi connectivity index (χ4n) is 3.77. The van der Waals surface area contributed by atoms with E-state index >= 15 is 0 Å². The third-order valence-electron chi connectivity index (χ3n) is 4.98. The Balaban J connectivity index is 1.68. The number of H-pyrrole nitrogens is 1. The summed E-state index contributed by atoms with van der Waals surface area (Å²) in [6.45, 7) is 0.282. The number of amides is 1. The van der Waals surface area contributed by atoms with E-state index in [0.29, 0.717) is 22.7 Å². The van der Waals surface area contributed by atoms with Gasteiger partial charge in [-0.1, -0.05) is 42.5 Å². The van der Waals surface area contributed by atoms with Crippen LogP contribution in [0.15, 0.2) is 77.4 Å². The molecular weight excluding hydrogens is 357 g/mol. The number of aromatic amines is 1. The molecule has 1 amide bonds. The number of aromatic nitrogens is 2. The van der Waals surface area contributed by atoms with Gasteiger partial charge in [0.05, 0.1) is 24.5 Å². The number of carbonyl (C=O) groups excluding carboxylic acids is 1. The van der Waals surface area contributed by atoms with Gasteiger partial charge in [0.15, 0.2) is 0 Å². The number of carbonyl (C=O) groups is 1. The number of hydrogen-bond acceptors (Lipinski definition) is 3. The molecule has 1 unspecified atom stereocenters. The van der Waals surface area contributed by atoms with Gasteiger partial charge in [-0.3, -0.25) is 9.89 Å². The van der Waals surface area contributed by atoms with Gasteiger partial charge in [-0.25, -0.2) is 4.39 Å². The van der Waals surface area contributed by atoms with Crippen molar-refractivity contribution in [2.45, 2.75) is 12.6 Å². The molecule has 0 saturated heterocycles. The molecule has 0 saturated carbocycles. The smallest absolute Gasteiger partial charge is 0.273 e. The van der Waals surface area contributed by atoms with Gasteiger partial charge in [0.2, 0.25) is 0 Å². The topological polar surface area (TPSA) is 62.1 Å². The summed E-state index contributed by atoms with van der Waals surface area (Å²) in [6, 6.07) is 19.1. The van der Waals surface area contributed by atoms with E-state index in [1.165, 1.54) is 12.1 Å². The second-order valence-electron chi connectivity index (χ2n) is 6.70. The number of nitrogens with one attached hydrogen (secondary N) is 1. The summed E-state index contributed by atoms with van der Waals surface area (Å²) in [5.41, 5.74) is 3.47. The van der Waals surface area contributed by atoms with Crippen LogP contribution in [0.25, 0.3) is 11.3 Å². The Hall–Kier alpha value is -3.67. The Morgan fingerprint density at radius 3 is 2.68 bits per heavy atom. The molecule has 1 N–H and O–H groups in total. The van der Waals surface area contributed by atoms with E-state index in [1.54, 1.807) is 23.3 Å². The van der Waals surface area contributed by atoms with Gasteiger partial charge < -0.3 is 9.32 Å². The summed E-state index contributed by atoms with van der Waals surface area (Å²) >= 11 is 0. The van der Waals surface area contributed by atoms with E-state index in [-0.39, 0.29) is 18.3 Å². The molecule has 0 aliphatic carbocycles. The molecule has 2 aromatic heterocycles. The van der Waals surface area contributed by atoms with Crippen LogP contribution in [0.5, 0.6) is 0 Å². The number of halogens is 1. The number of hydrogen-bond donors (Lipinski definition) is 1. The molecule has 0 bridgehead atoms. The molecule has 5 nitrogen and oxygen atoms in total. The molecule has 4 aromatic rings. The second-order valence-corrected chi connectivity index (χ2v) is 6.70. The van der Waals surface area contributed by atoms with Crippen LogP contribution < -0.4 is 0 Å². The van der Waals surface area contributed by atoms with Crippen LogP contribution in [0.2, 0.25) is 0 Å². The maximum Gasteiger partial charge on any atom is 0.273 e. The molecule has 3 heterocycles. The van der Waals surface area contributed by atoms with Gasteiger partial charge >= 0.3 is 0 Å². The first-order valence-corrected chi connectivity index (χ1v) is 8.95. The first kappa shape index (κ1) is 16.5. The van der Waals surface area contributed by atoms with E-state index < -0.39 is 6.04 Å². The molecule has 0 spiro atoms. The van der Waals surface area contributed by atoms with Crippen LogP contribution in [0, 0.1) is 5.82 Å². The minimum absolute atomic E-state index is 0.185. The monoisotopic (exact) mass is 373 g/mol. The average molecular weight is 373 g/mol. The zero-order valence-electron chi connectivity index (χ0n) is 14.8. The molecule has 138 valence electrons. The zero-order valence-corrected chi connectivity index (χ0v) is 14.8. The van der Waals surface area contributed by atoms with Gasteiger partial charge in [0, 0.05) is 11.1 Å². The number of nitrogens with zero attached hydrogens (tertiary/aromatic N) is 2. The lowest BCUT2D eigenvalue weighted by atomic mass is 9.96. The van der Waals surface area contributed by atoms with Gasteiger partial charge in [0.1, 0.15) is 17.3 Å². The van der Waals surface area contributed by atoms with Crippen molar-refractivity contribution in [2.75, 3.05) is 0 Å². The lowest BCUT2D eigenvalue weighted by molar-refractivity contribution is 0.0716. The first-order valence-electron chi connectivity index (χ1n) is 8.95. The molecular formula is C22H16FN3O2. The van der Waals surface area contributed by atoms with Crippen molar-refractivity contribution in [1.82, 2.24) is 15.1 Å². The summed E-state index contributed by atoms with van der Waals surface area (Å²) < 4.78 is 19.5. The molecule has 0 fully saturated rings. The number of fused-ring (bicyclic) bond motifs is 1. The predicted octanol–water partition coefficient (Wildman–Crippen LogP) is 4.55. The lowest BCUT2D eigenvalue weighted by Gasteiger charge is -2.25. The van der Waals surface area contributed by atoms with Crippen molar-refractivity contribution in [2.24, 2.45) is 0 Å². The number of furan rings is 1. The summed E-state index contributed by atoms with van der Waals surface area (Å²) in [5, 5.41) is 7.29. The van der Waals surface area contributed by atoms with E-state index in [4.69, 9.17) is 4.42 Å². The standard InChI is InChI=1S/C22H16FN3O2/c23-16-9-4-8-15(12-16)21-18-19(14-6-2-1-3-7-14)24-25-20(18)22(27)26(21)13-17-10-5-11-28-17/h1-12,21H,13H2,(H,24,25). The van der Waals surface area contributed by atoms with Crippen LogP contribution in [-0.4, -0.2) is 21.0 Å². The molecule has 1 atom stereocenters. The van der Waals surface area contributed by atoms with Gasteiger partial charge in [-0.05, 0) is 29.8 Å². The second kappa shape index (κ2) is 6.49. The third kappa shape index (κ3) is 2.62. The molecule has 0 radical (unpaired) electrons. The van der Waals surface area contributed by atoms with Crippen LogP contribution in [-0.2, 0) is 6.54 Å². The normalized spacial score (nSPS) is 15.8. The fourth-order valence-corrected chi connectivity index (χ4v) is 3.77. The largest absolute Gasteiger partial charge is 0.467 e. The Bertz CT molecular complexity index is 1140. The molecule has 1 aliphatic heterocycles. The summed E-state index contributed by atoms with van der Waals surface area (Å²) in [5.74, 6) is 0.130. The van der Waals surface area contributed by atoms with Crippen molar-refractivity contribution in [3.05, 3.63) is 101 Å². The highest BCUT2D eigenvalue weighted by Gasteiger charge is 2.42. The average Bonchev–Trinajstić information content (AvgIpc) is 3.42. The highest BCUT2D eigenvalue weighted by atomic mass is 19.1. The maximum atomic E-state index is 14.0. The zero-order chi connectivity index (χ0) is 19.1. The summed E-state index contributed by atoms with van der Waals surface area (Å²) in [7, 11) is 0. The Morgan fingerprint density at radius 2 is 1.93 bits per heavy atom. The Labute approximate surface area is 160 Å². The van der Waals surface area contributed by atoms with Crippen LogP contribution in [0.3, 0.4) is 0 Å². The van der Waals surface area contributed by atoms with Crippen molar-refractivity contribution in [3.63, 3.8) is 0 Å². The van der Waals surface area contributed by atoms with Gasteiger partial charge in [-0.2, -0.15) is 5.10 Å². The predicted molar refractivity (Wildman–Crippen MR) is 101 cm³/mol. The van der Waals surface area contributed by atoms with Crippen molar-refractivity contribution < 1.29 is 13.6 Å². The van der Waals surface area contributed by atoms with E-state index in [1.807, 2.05) is 42.5 Å². The lowest BCUT2D eigenvalue weighted by Crippen LogP contribution is -2.29. The quantitative estimate of drug-likeness (QED) is 0.571. The van der Waals surface area contributed by atoms with Crippen molar-refractivity contribution in [1.29, 1.82) is 0 Å². The van der Waals surface area contributed by atoms with Gasteiger partial charge in [-0.15, -0.1) is 0 Å². The van der Waals surface area contributed by atoms with Crippen molar-refractivity contribution in [3.8, 4) is 11.3 Å². The molecule has 2 aromatic carbocycles. The minimum Gasteiger partial charge on any atom is -0.467 e. The van der Waals surface area contributed by atoms with Crippen LogP contribution in [0.1, 0.15) is 33.4 Å². The Morgan fingerprint density at radius 1 is 1.07 bits per heavy atom. The molecule has 6 heteroatoms. The van der Waals surface area contributed by atoms with Gasteiger partial charge in [0.25, 0.3) is 5.91 Å². The highest BCUT2D eigenvalue weighted by Crippen LogP contribution is 2.43.